The van der Waals surface area contributed by atoms with E-state index >= 15 is 0 Å². The normalized spacial score (nSPS) is 17.1. The predicted molar refractivity (Wildman–Crippen MR) is 99.8 cm³/mol. The van der Waals surface area contributed by atoms with E-state index < -0.39 is 11.7 Å². The Hall–Kier alpha value is -2.80. The Labute approximate surface area is 153 Å². The third kappa shape index (κ3) is 2.94. The van der Waals surface area contributed by atoms with E-state index in [0.717, 1.165) is 15.8 Å². The minimum absolute atomic E-state index is 0.0596. The number of hydrogen-bond acceptors (Lipinski definition) is 4. The lowest BCUT2D eigenvalue weighted by Crippen LogP contribution is -2.28. The number of para-hydroxylation sites is 2. The molecule has 0 radical (unpaired) electrons. The molecule has 3 aromatic rings. The van der Waals surface area contributed by atoms with Crippen LogP contribution in [-0.4, -0.2) is 23.3 Å². The summed E-state index contributed by atoms with van der Waals surface area (Å²) in [5, 5.41) is 3.31. The molecule has 1 N–H and O–H groups in total. The molecule has 0 aliphatic carbocycles. The van der Waals surface area contributed by atoms with E-state index in [1.807, 2.05) is 25.1 Å². The third-order valence-electron chi connectivity index (χ3n) is 4.49. The Balaban J connectivity index is 1.51. The summed E-state index contributed by atoms with van der Waals surface area (Å²) in [6, 6.07) is 12.0. The van der Waals surface area contributed by atoms with Crippen LogP contribution in [0.1, 0.15) is 12.0 Å². The first-order chi connectivity index (χ1) is 12.5. The number of carbonyl (C=O) groups is 2. The van der Waals surface area contributed by atoms with Gasteiger partial charge in [0.15, 0.2) is 5.13 Å². The number of fused-ring (bicyclic) bond motifs is 1. The zero-order valence-electron chi connectivity index (χ0n) is 14.0. The molecule has 1 saturated heterocycles. The van der Waals surface area contributed by atoms with Crippen molar-refractivity contribution in [2.75, 3.05) is 16.8 Å². The maximum absolute atomic E-state index is 13.9. The number of aryl methyl sites for hydroxylation is 1. The Morgan fingerprint density at radius 3 is 2.85 bits per heavy atom. The van der Waals surface area contributed by atoms with Crippen LogP contribution in [0.4, 0.5) is 15.2 Å². The molecule has 0 bridgehead atoms. The first-order valence-corrected chi connectivity index (χ1v) is 9.06. The van der Waals surface area contributed by atoms with Crippen molar-refractivity contribution < 1.29 is 14.0 Å². The second kappa shape index (κ2) is 6.49. The highest BCUT2D eigenvalue weighted by Gasteiger charge is 2.36. The maximum Gasteiger partial charge on any atom is 0.231 e. The SMILES string of the molecule is Cc1cccc2sc(NC(=O)[C@@H]3CC(=O)N(c4ccccc4F)C3)nc12. The van der Waals surface area contributed by atoms with Gasteiger partial charge in [-0.1, -0.05) is 35.6 Å². The fourth-order valence-corrected chi connectivity index (χ4v) is 4.08. The molecule has 2 aromatic carbocycles. The summed E-state index contributed by atoms with van der Waals surface area (Å²) in [5.41, 5.74) is 2.12. The predicted octanol–water partition coefficient (Wildman–Crippen LogP) is 3.74. The monoisotopic (exact) mass is 369 g/mol. The summed E-state index contributed by atoms with van der Waals surface area (Å²) in [4.78, 5) is 30.6. The van der Waals surface area contributed by atoms with Gasteiger partial charge < -0.3 is 10.2 Å². The van der Waals surface area contributed by atoms with Crippen molar-refractivity contribution in [3.63, 3.8) is 0 Å². The lowest BCUT2D eigenvalue weighted by molar-refractivity contribution is -0.122. The minimum Gasteiger partial charge on any atom is -0.309 e. The van der Waals surface area contributed by atoms with Crippen LogP contribution in [0, 0.1) is 18.7 Å². The fourth-order valence-electron chi connectivity index (χ4n) is 3.13. The van der Waals surface area contributed by atoms with Crippen LogP contribution in [0.15, 0.2) is 42.5 Å². The number of nitrogens with zero attached hydrogens (tertiary/aromatic N) is 2. The van der Waals surface area contributed by atoms with Gasteiger partial charge in [-0.05, 0) is 30.7 Å². The average molecular weight is 369 g/mol. The van der Waals surface area contributed by atoms with Crippen LogP contribution in [-0.2, 0) is 9.59 Å². The molecule has 7 heteroatoms. The highest BCUT2D eigenvalue weighted by atomic mass is 32.1. The standard InChI is InChI=1S/C19H16FN3O2S/c1-11-5-4-8-15-17(11)21-19(26-15)22-18(25)12-9-16(24)23(10-12)14-7-3-2-6-13(14)20/h2-8,12H,9-10H2,1H3,(H,21,22,25)/t12-/m1/s1. The summed E-state index contributed by atoms with van der Waals surface area (Å²) < 4.78 is 14.9. The van der Waals surface area contributed by atoms with Gasteiger partial charge in [0.25, 0.3) is 0 Å². The molecule has 1 aromatic heterocycles. The molecule has 2 heterocycles. The van der Waals surface area contributed by atoms with Gasteiger partial charge in [-0.25, -0.2) is 9.37 Å². The first kappa shape index (κ1) is 16.7. The van der Waals surface area contributed by atoms with Gasteiger partial charge in [-0.2, -0.15) is 0 Å². The van der Waals surface area contributed by atoms with Gasteiger partial charge in [0, 0.05) is 13.0 Å². The van der Waals surface area contributed by atoms with Crippen molar-refractivity contribution in [3.8, 4) is 0 Å². The van der Waals surface area contributed by atoms with Crippen molar-refractivity contribution >= 4 is 44.2 Å². The van der Waals surface area contributed by atoms with Crippen LogP contribution in [0.25, 0.3) is 10.2 Å². The molecular formula is C19H16FN3O2S. The topological polar surface area (TPSA) is 62.3 Å². The van der Waals surface area contributed by atoms with Gasteiger partial charge in [-0.3, -0.25) is 9.59 Å². The van der Waals surface area contributed by atoms with Gasteiger partial charge in [0.2, 0.25) is 11.8 Å². The first-order valence-electron chi connectivity index (χ1n) is 8.25. The highest BCUT2D eigenvalue weighted by molar-refractivity contribution is 7.22. The van der Waals surface area contributed by atoms with E-state index in [0.29, 0.717) is 5.13 Å². The van der Waals surface area contributed by atoms with Crippen LogP contribution >= 0.6 is 11.3 Å². The van der Waals surface area contributed by atoms with Crippen molar-refractivity contribution in [2.24, 2.45) is 5.92 Å². The van der Waals surface area contributed by atoms with E-state index in [1.54, 1.807) is 18.2 Å². The van der Waals surface area contributed by atoms with Crippen LogP contribution in [0.2, 0.25) is 0 Å². The number of aromatic nitrogens is 1. The van der Waals surface area contributed by atoms with E-state index in [2.05, 4.69) is 10.3 Å². The number of nitrogens with one attached hydrogen (secondary N) is 1. The number of carbonyl (C=O) groups excluding carboxylic acids is 2. The molecule has 0 spiro atoms. The van der Waals surface area contributed by atoms with Gasteiger partial charge in [0.1, 0.15) is 5.82 Å². The summed E-state index contributed by atoms with van der Waals surface area (Å²) in [6.45, 7) is 2.13. The lowest BCUT2D eigenvalue weighted by atomic mass is 10.1. The summed E-state index contributed by atoms with van der Waals surface area (Å²) >= 11 is 1.40. The number of benzene rings is 2. The molecule has 5 nitrogen and oxygen atoms in total. The van der Waals surface area contributed by atoms with Crippen molar-refractivity contribution in [1.82, 2.24) is 4.98 Å². The number of anilines is 2. The summed E-state index contributed by atoms with van der Waals surface area (Å²) in [6.07, 6.45) is 0.0596. The molecule has 1 atom stereocenters. The third-order valence-corrected chi connectivity index (χ3v) is 5.43. The average Bonchev–Trinajstić information content (AvgIpc) is 3.19. The van der Waals surface area contributed by atoms with Crippen LogP contribution in [0.5, 0.6) is 0 Å². The number of halogens is 1. The quantitative estimate of drug-likeness (QED) is 0.765. The van der Waals surface area contributed by atoms with Gasteiger partial charge in [0.05, 0.1) is 21.8 Å². The molecule has 0 unspecified atom stereocenters. The highest BCUT2D eigenvalue weighted by Crippen LogP contribution is 2.30. The second-order valence-electron chi connectivity index (χ2n) is 6.29. The Morgan fingerprint density at radius 2 is 2.08 bits per heavy atom. The molecule has 132 valence electrons. The van der Waals surface area contributed by atoms with E-state index in [4.69, 9.17) is 0 Å². The minimum atomic E-state index is -0.532. The van der Waals surface area contributed by atoms with E-state index in [-0.39, 0.29) is 30.5 Å². The molecule has 4 rings (SSSR count). The van der Waals surface area contributed by atoms with Crippen molar-refractivity contribution in [1.29, 1.82) is 0 Å². The zero-order chi connectivity index (χ0) is 18.3. The number of rotatable bonds is 3. The molecule has 1 fully saturated rings. The Kier molecular flexibility index (Phi) is 4.16. The molecule has 26 heavy (non-hydrogen) atoms. The Bertz CT molecular complexity index is 1020. The van der Waals surface area contributed by atoms with E-state index in [1.165, 1.54) is 22.3 Å². The van der Waals surface area contributed by atoms with Crippen LogP contribution < -0.4 is 10.2 Å². The molecule has 1 aliphatic rings. The maximum atomic E-state index is 13.9. The molecule has 2 amide bonds. The van der Waals surface area contributed by atoms with Crippen LogP contribution in [0.3, 0.4) is 0 Å². The largest absolute Gasteiger partial charge is 0.309 e. The molecule has 0 saturated carbocycles. The van der Waals surface area contributed by atoms with Gasteiger partial charge in [-0.15, -0.1) is 0 Å². The van der Waals surface area contributed by atoms with Gasteiger partial charge >= 0.3 is 0 Å². The zero-order valence-corrected chi connectivity index (χ0v) is 14.8. The number of thiazole rings is 1. The Morgan fingerprint density at radius 1 is 1.27 bits per heavy atom. The fraction of sp³-hybridized carbons (Fsp3) is 0.211. The van der Waals surface area contributed by atoms with Crippen molar-refractivity contribution in [2.45, 2.75) is 13.3 Å². The molecular weight excluding hydrogens is 353 g/mol. The smallest absolute Gasteiger partial charge is 0.231 e. The lowest BCUT2D eigenvalue weighted by Gasteiger charge is -2.17. The molecule has 1 aliphatic heterocycles. The van der Waals surface area contributed by atoms with E-state index in [9.17, 15) is 14.0 Å². The number of amides is 2. The van der Waals surface area contributed by atoms with Crippen molar-refractivity contribution in [3.05, 3.63) is 53.8 Å². The summed E-state index contributed by atoms with van der Waals surface area (Å²) in [5.74, 6) is -1.52. The summed E-state index contributed by atoms with van der Waals surface area (Å²) in [7, 11) is 0. The number of hydrogen-bond donors (Lipinski definition) is 1. The second-order valence-corrected chi connectivity index (χ2v) is 7.32.